The van der Waals surface area contributed by atoms with Crippen molar-refractivity contribution in [3.63, 3.8) is 0 Å². The van der Waals surface area contributed by atoms with Gasteiger partial charge in [0, 0.05) is 18.2 Å². The van der Waals surface area contributed by atoms with E-state index in [1.54, 1.807) is 19.2 Å². The molecule has 5 nitrogen and oxygen atoms in total. The van der Waals surface area contributed by atoms with Crippen LogP contribution in [0.25, 0.3) is 0 Å². The Hall–Kier alpha value is -2.84. The first-order valence-corrected chi connectivity index (χ1v) is 9.24. The van der Waals surface area contributed by atoms with Crippen LogP contribution in [0.5, 0.6) is 5.75 Å². The van der Waals surface area contributed by atoms with E-state index < -0.39 is 11.3 Å². The summed E-state index contributed by atoms with van der Waals surface area (Å²) in [6, 6.07) is 18.2. The van der Waals surface area contributed by atoms with Crippen molar-refractivity contribution in [1.82, 2.24) is 5.32 Å². The fraction of sp³-hybridized carbons (Fsp3) is 0.364. The largest absolute Gasteiger partial charge is 0.497 e. The lowest BCUT2D eigenvalue weighted by Gasteiger charge is -2.36. The molecule has 0 aromatic heterocycles. The molecule has 0 bridgehead atoms. The van der Waals surface area contributed by atoms with Gasteiger partial charge in [0.1, 0.15) is 5.75 Å². The Bertz CT molecular complexity index is 831. The minimum absolute atomic E-state index is 0.382. The Morgan fingerprint density at radius 3 is 2.56 bits per heavy atom. The van der Waals surface area contributed by atoms with Crippen molar-refractivity contribution in [3.8, 4) is 11.8 Å². The summed E-state index contributed by atoms with van der Waals surface area (Å²) in [5.74, 6) is 0.383. The number of hydrogen-bond donors (Lipinski definition) is 2. The number of ether oxygens (including phenoxy) is 1. The monoisotopic (exact) mass is 363 g/mol. The van der Waals surface area contributed by atoms with E-state index in [-0.39, 0.29) is 0 Å². The number of primary amides is 1. The summed E-state index contributed by atoms with van der Waals surface area (Å²) in [6.07, 6.45) is 3.55. The van der Waals surface area contributed by atoms with Gasteiger partial charge in [0.15, 0.2) is 0 Å². The molecule has 0 spiro atoms. The number of benzene rings is 2. The smallest absolute Gasteiger partial charge is 0.248 e. The molecule has 1 aliphatic carbocycles. The number of nitrogens with one attached hydrogen (secondary N) is 1. The predicted molar refractivity (Wildman–Crippen MR) is 104 cm³/mol. The van der Waals surface area contributed by atoms with Gasteiger partial charge in [0.05, 0.1) is 18.6 Å². The zero-order chi connectivity index (χ0) is 19.3. The lowest BCUT2D eigenvalue weighted by atomic mass is 9.69. The Labute approximate surface area is 160 Å². The van der Waals surface area contributed by atoms with Crippen LogP contribution in [0.1, 0.15) is 47.2 Å². The van der Waals surface area contributed by atoms with E-state index >= 15 is 0 Å². The zero-order valence-corrected chi connectivity index (χ0v) is 15.6. The second-order valence-electron chi connectivity index (χ2n) is 7.14. The summed E-state index contributed by atoms with van der Waals surface area (Å²) in [5, 5.41) is 13.4. The topological polar surface area (TPSA) is 88.1 Å². The fourth-order valence-corrected chi connectivity index (χ4v) is 3.75. The predicted octanol–water partition coefficient (Wildman–Crippen LogP) is 3.29. The molecule has 0 radical (unpaired) electrons. The van der Waals surface area contributed by atoms with E-state index in [1.807, 2.05) is 36.4 Å². The second kappa shape index (κ2) is 8.24. The highest BCUT2D eigenvalue weighted by molar-refractivity contribution is 5.92. The molecule has 3 N–H and O–H groups in total. The number of nitriles is 1. The summed E-state index contributed by atoms with van der Waals surface area (Å²) in [6.45, 7) is 0.739. The van der Waals surface area contributed by atoms with Crippen LogP contribution in [-0.2, 0) is 12.0 Å². The van der Waals surface area contributed by atoms with Crippen LogP contribution in [0.15, 0.2) is 48.5 Å². The molecule has 3 rings (SSSR count). The molecule has 0 aliphatic heterocycles. The summed E-state index contributed by atoms with van der Waals surface area (Å²) >= 11 is 0. The Kier molecular flexibility index (Phi) is 5.78. The van der Waals surface area contributed by atoms with E-state index in [1.165, 1.54) is 0 Å². The molecule has 1 fully saturated rings. The van der Waals surface area contributed by atoms with Crippen molar-refractivity contribution in [2.45, 2.75) is 43.7 Å². The third-order valence-corrected chi connectivity index (χ3v) is 5.51. The molecule has 1 aliphatic rings. The van der Waals surface area contributed by atoms with Crippen LogP contribution >= 0.6 is 0 Å². The lowest BCUT2D eigenvalue weighted by Crippen LogP contribution is -2.39. The van der Waals surface area contributed by atoms with Crippen LogP contribution < -0.4 is 15.8 Å². The molecule has 5 heteroatoms. The number of nitrogens with two attached hydrogens (primary N) is 1. The Balaban J connectivity index is 1.59. The van der Waals surface area contributed by atoms with Gasteiger partial charge in [-0.1, -0.05) is 24.3 Å². The summed E-state index contributed by atoms with van der Waals surface area (Å²) in [7, 11) is 1.65. The number of rotatable bonds is 6. The van der Waals surface area contributed by atoms with Crippen molar-refractivity contribution in [1.29, 1.82) is 5.26 Å². The first-order valence-electron chi connectivity index (χ1n) is 9.24. The van der Waals surface area contributed by atoms with Crippen molar-refractivity contribution in [2.24, 2.45) is 5.73 Å². The van der Waals surface area contributed by atoms with Gasteiger partial charge in [-0.3, -0.25) is 4.79 Å². The van der Waals surface area contributed by atoms with E-state index in [9.17, 15) is 10.1 Å². The van der Waals surface area contributed by atoms with Gasteiger partial charge in [0.2, 0.25) is 5.91 Å². The number of hydrogen-bond acceptors (Lipinski definition) is 4. The molecule has 0 unspecified atom stereocenters. The van der Waals surface area contributed by atoms with E-state index in [0.29, 0.717) is 11.6 Å². The normalized spacial score (nSPS) is 22.0. The molecular formula is C22H25N3O2. The average Bonchev–Trinajstić information content (AvgIpc) is 2.73. The minimum atomic E-state index is -0.435. The number of carbonyl (C=O) groups excluding carboxylic acids is 1. The standard InChI is InChI=1S/C22H25N3O2/c1-27-20-4-2-3-18(13-20)22(15-23)11-9-19(10-12-22)25-14-16-5-7-17(8-6-16)21(24)26/h2-8,13,19,25H,9-12,14H2,1H3,(H2,24,26)/t19-,22-. The third kappa shape index (κ3) is 4.29. The molecule has 0 saturated heterocycles. The van der Waals surface area contributed by atoms with Crippen LogP contribution in [0.3, 0.4) is 0 Å². The van der Waals surface area contributed by atoms with Crippen LogP contribution in [-0.4, -0.2) is 19.1 Å². The Morgan fingerprint density at radius 1 is 1.26 bits per heavy atom. The van der Waals surface area contributed by atoms with E-state index in [4.69, 9.17) is 10.5 Å². The molecule has 27 heavy (non-hydrogen) atoms. The highest BCUT2D eigenvalue weighted by Gasteiger charge is 2.37. The maximum Gasteiger partial charge on any atom is 0.248 e. The molecule has 0 atom stereocenters. The molecular weight excluding hydrogens is 338 g/mol. The number of carbonyl (C=O) groups is 1. The third-order valence-electron chi connectivity index (χ3n) is 5.51. The molecule has 1 saturated carbocycles. The van der Waals surface area contributed by atoms with Crippen LogP contribution in [0.2, 0.25) is 0 Å². The summed E-state index contributed by atoms with van der Waals surface area (Å²) in [4.78, 5) is 11.1. The first kappa shape index (κ1) is 18.9. The van der Waals surface area contributed by atoms with E-state index in [2.05, 4.69) is 11.4 Å². The molecule has 1 amide bonds. The van der Waals surface area contributed by atoms with Crippen molar-refractivity contribution < 1.29 is 9.53 Å². The minimum Gasteiger partial charge on any atom is -0.497 e. The lowest BCUT2D eigenvalue weighted by molar-refractivity contribution is 0.100. The van der Waals surface area contributed by atoms with Gasteiger partial charge in [-0.2, -0.15) is 5.26 Å². The Morgan fingerprint density at radius 2 is 1.96 bits per heavy atom. The first-order chi connectivity index (χ1) is 13.1. The van der Waals surface area contributed by atoms with Gasteiger partial charge in [-0.25, -0.2) is 0 Å². The van der Waals surface area contributed by atoms with Crippen LogP contribution in [0, 0.1) is 11.3 Å². The van der Waals surface area contributed by atoms with Crippen molar-refractivity contribution in [3.05, 3.63) is 65.2 Å². The number of methoxy groups -OCH3 is 1. The maximum atomic E-state index is 11.1. The maximum absolute atomic E-state index is 11.1. The van der Waals surface area contributed by atoms with Crippen LogP contribution in [0.4, 0.5) is 0 Å². The second-order valence-corrected chi connectivity index (χ2v) is 7.14. The van der Waals surface area contributed by atoms with Gasteiger partial charge in [0.25, 0.3) is 0 Å². The van der Waals surface area contributed by atoms with Gasteiger partial charge >= 0.3 is 0 Å². The van der Waals surface area contributed by atoms with Gasteiger partial charge in [-0.05, 0) is 61.1 Å². The fourth-order valence-electron chi connectivity index (χ4n) is 3.75. The molecule has 0 heterocycles. The van der Waals surface area contributed by atoms with Crippen molar-refractivity contribution >= 4 is 5.91 Å². The van der Waals surface area contributed by atoms with Gasteiger partial charge < -0.3 is 15.8 Å². The highest BCUT2D eigenvalue weighted by atomic mass is 16.5. The van der Waals surface area contributed by atoms with E-state index in [0.717, 1.165) is 49.1 Å². The van der Waals surface area contributed by atoms with Crippen molar-refractivity contribution in [2.75, 3.05) is 7.11 Å². The summed E-state index contributed by atoms with van der Waals surface area (Å²) < 4.78 is 5.32. The zero-order valence-electron chi connectivity index (χ0n) is 15.6. The quantitative estimate of drug-likeness (QED) is 0.824. The van der Waals surface area contributed by atoms with Gasteiger partial charge in [-0.15, -0.1) is 0 Å². The SMILES string of the molecule is COc1cccc([C@]2(C#N)CC[C@@H](NCc3ccc(C(N)=O)cc3)CC2)c1. The summed E-state index contributed by atoms with van der Waals surface area (Å²) in [5.41, 5.74) is 7.52. The molecule has 140 valence electrons. The molecule has 2 aromatic rings. The number of nitrogens with zero attached hydrogens (tertiary/aromatic N) is 1. The average molecular weight is 363 g/mol. The highest BCUT2D eigenvalue weighted by Crippen LogP contribution is 2.40. The molecule has 2 aromatic carbocycles. The number of amides is 1.